The average Bonchev–Trinajstić information content (AvgIpc) is 2.85. The summed E-state index contributed by atoms with van der Waals surface area (Å²) in [5.41, 5.74) is 0.671. The second kappa shape index (κ2) is 6.27. The maximum Gasteiger partial charge on any atom is 0.234 e. The largest absolute Gasteiger partial charge is 0.339 e. The van der Waals surface area contributed by atoms with Gasteiger partial charge in [-0.3, -0.25) is 4.79 Å². The van der Waals surface area contributed by atoms with Gasteiger partial charge in [0.2, 0.25) is 5.89 Å². The second-order valence-corrected chi connectivity index (χ2v) is 5.00. The van der Waals surface area contributed by atoms with E-state index in [1.807, 2.05) is 18.2 Å². The van der Waals surface area contributed by atoms with E-state index in [0.29, 0.717) is 23.2 Å². The van der Waals surface area contributed by atoms with Crippen LogP contribution in [0.1, 0.15) is 42.3 Å². The van der Waals surface area contributed by atoms with E-state index in [0.717, 1.165) is 12.8 Å². The van der Waals surface area contributed by atoms with Crippen molar-refractivity contribution in [3.8, 4) is 0 Å². The van der Waals surface area contributed by atoms with Crippen molar-refractivity contribution in [1.82, 2.24) is 10.1 Å². The summed E-state index contributed by atoms with van der Waals surface area (Å²) >= 11 is 0. The van der Waals surface area contributed by atoms with Crippen molar-refractivity contribution in [3.63, 3.8) is 0 Å². The zero-order valence-corrected chi connectivity index (χ0v) is 11.3. The third kappa shape index (κ3) is 4.02. The lowest BCUT2D eigenvalue weighted by atomic mass is 10.1. The van der Waals surface area contributed by atoms with Crippen molar-refractivity contribution in [1.29, 1.82) is 0 Å². The van der Waals surface area contributed by atoms with Gasteiger partial charge < -0.3 is 4.52 Å². The summed E-state index contributed by atoms with van der Waals surface area (Å²) in [6, 6.07) is 9.15. The number of rotatable bonds is 6. The van der Waals surface area contributed by atoms with E-state index in [4.69, 9.17) is 4.52 Å². The van der Waals surface area contributed by atoms with Gasteiger partial charge >= 0.3 is 0 Å². The minimum absolute atomic E-state index is 0.000315. The van der Waals surface area contributed by atoms with Gasteiger partial charge in [0.05, 0.1) is 6.42 Å². The van der Waals surface area contributed by atoms with Crippen LogP contribution in [-0.2, 0) is 12.8 Å². The number of carbonyl (C=O) groups excluding carboxylic acids is 1. The third-order valence-electron chi connectivity index (χ3n) is 2.86. The number of hydrogen-bond acceptors (Lipinski definition) is 4. The average molecular weight is 258 g/mol. The van der Waals surface area contributed by atoms with Gasteiger partial charge in [-0.1, -0.05) is 49.3 Å². The van der Waals surface area contributed by atoms with Crippen LogP contribution in [-0.4, -0.2) is 15.9 Å². The molecular weight excluding hydrogens is 240 g/mol. The van der Waals surface area contributed by atoms with Crippen molar-refractivity contribution in [2.75, 3.05) is 0 Å². The molecule has 1 heterocycles. The molecule has 0 spiro atoms. The molecule has 0 unspecified atom stereocenters. The van der Waals surface area contributed by atoms with Gasteiger partial charge in [-0.25, -0.2) is 0 Å². The number of aromatic nitrogens is 2. The van der Waals surface area contributed by atoms with Gasteiger partial charge in [-0.05, 0) is 12.3 Å². The SMILES string of the molecule is CC(C)CCc1noc(CC(=O)c2ccccc2)n1. The molecule has 0 bridgehead atoms. The van der Waals surface area contributed by atoms with E-state index < -0.39 is 0 Å². The Morgan fingerprint density at radius 1 is 1.26 bits per heavy atom. The zero-order chi connectivity index (χ0) is 13.7. The predicted octanol–water partition coefficient (Wildman–Crippen LogP) is 3.08. The van der Waals surface area contributed by atoms with Gasteiger partial charge in [0, 0.05) is 12.0 Å². The molecule has 0 aliphatic rings. The number of benzene rings is 1. The number of hydrogen-bond donors (Lipinski definition) is 0. The molecule has 0 saturated heterocycles. The Morgan fingerprint density at radius 3 is 2.68 bits per heavy atom. The van der Waals surface area contributed by atoms with Crippen LogP contribution in [0, 0.1) is 5.92 Å². The Hall–Kier alpha value is -1.97. The molecule has 1 aromatic carbocycles. The van der Waals surface area contributed by atoms with E-state index >= 15 is 0 Å². The molecule has 0 fully saturated rings. The van der Waals surface area contributed by atoms with Crippen LogP contribution in [0.25, 0.3) is 0 Å². The molecule has 0 atom stereocenters. The first-order valence-electron chi connectivity index (χ1n) is 6.55. The van der Waals surface area contributed by atoms with E-state index in [2.05, 4.69) is 24.0 Å². The first-order valence-corrected chi connectivity index (χ1v) is 6.55. The fourth-order valence-corrected chi connectivity index (χ4v) is 1.74. The summed E-state index contributed by atoms with van der Waals surface area (Å²) < 4.78 is 5.11. The number of nitrogens with zero attached hydrogens (tertiary/aromatic N) is 2. The fourth-order valence-electron chi connectivity index (χ4n) is 1.74. The zero-order valence-electron chi connectivity index (χ0n) is 11.3. The van der Waals surface area contributed by atoms with Gasteiger partial charge in [0.25, 0.3) is 0 Å². The quantitative estimate of drug-likeness (QED) is 0.747. The standard InChI is InChI=1S/C15H18N2O2/c1-11(2)8-9-14-16-15(19-17-14)10-13(18)12-6-4-3-5-7-12/h3-7,11H,8-10H2,1-2H3. The van der Waals surface area contributed by atoms with Crippen molar-refractivity contribution in [3.05, 3.63) is 47.6 Å². The van der Waals surface area contributed by atoms with E-state index in [-0.39, 0.29) is 12.2 Å². The number of carbonyl (C=O) groups is 1. The molecule has 100 valence electrons. The monoisotopic (exact) mass is 258 g/mol. The molecule has 0 radical (unpaired) electrons. The molecule has 0 aliphatic carbocycles. The van der Waals surface area contributed by atoms with E-state index in [9.17, 15) is 4.79 Å². The van der Waals surface area contributed by atoms with Crippen LogP contribution in [0.5, 0.6) is 0 Å². The van der Waals surface area contributed by atoms with Gasteiger partial charge in [-0.15, -0.1) is 0 Å². The Labute approximate surface area is 112 Å². The van der Waals surface area contributed by atoms with Gasteiger partial charge in [0.1, 0.15) is 0 Å². The highest BCUT2D eigenvalue weighted by molar-refractivity contribution is 5.96. The Balaban J connectivity index is 1.95. The first kappa shape index (κ1) is 13.5. The van der Waals surface area contributed by atoms with Crippen molar-refractivity contribution < 1.29 is 9.32 Å². The predicted molar refractivity (Wildman–Crippen MR) is 71.9 cm³/mol. The third-order valence-corrected chi connectivity index (χ3v) is 2.86. The summed E-state index contributed by atoms with van der Waals surface area (Å²) in [6.07, 6.45) is 1.98. The van der Waals surface area contributed by atoms with Crippen molar-refractivity contribution in [2.24, 2.45) is 5.92 Å². The second-order valence-electron chi connectivity index (χ2n) is 5.00. The molecule has 0 N–H and O–H groups in total. The Morgan fingerprint density at radius 2 is 2.00 bits per heavy atom. The molecule has 2 aromatic rings. The van der Waals surface area contributed by atoms with Crippen molar-refractivity contribution in [2.45, 2.75) is 33.1 Å². The highest BCUT2D eigenvalue weighted by Gasteiger charge is 2.13. The number of aryl methyl sites for hydroxylation is 1. The highest BCUT2D eigenvalue weighted by atomic mass is 16.5. The lowest BCUT2D eigenvalue weighted by Crippen LogP contribution is -2.03. The molecular formula is C15H18N2O2. The van der Waals surface area contributed by atoms with Crippen LogP contribution in [0.2, 0.25) is 0 Å². The first-order chi connectivity index (χ1) is 9.15. The van der Waals surface area contributed by atoms with Gasteiger partial charge in [0.15, 0.2) is 11.6 Å². The van der Waals surface area contributed by atoms with Crippen LogP contribution in [0.3, 0.4) is 0 Å². The highest BCUT2D eigenvalue weighted by Crippen LogP contribution is 2.09. The summed E-state index contributed by atoms with van der Waals surface area (Å²) in [4.78, 5) is 16.2. The summed E-state index contributed by atoms with van der Waals surface area (Å²) in [6.45, 7) is 4.31. The Bertz CT molecular complexity index is 532. The maximum atomic E-state index is 12.0. The molecule has 0 aliphatic heterocycles. The molecule has 4 nitrogen and oxygen atoms in total. The minimum Gasteiger partial charge on any atom is -0.339 e. The minimum atomic E-state index is -0.000315. The van der Waals surface area contributed by atoms with Crippen LogP contribution in [0.4, 0.5) is 0 Å². The van der Waals surface area contributed by atoms with Crippen LogP contribution < -0.4 is 0 Å². The summed E-state index contributed by atoms with van der Waals surface area (Å²) in [7, 11) is 0. The van der Waals surface area contributed by atoms with Crippen LogP contribution >= 0.6 is 0 Å². The Kier molecular flexibility index (Phi) is 4.44. The number of Topliss-reactive ketones (excluding diaryl/α,β-unsaturated/α-hetero) is 1. The maximum absolute atomic E-state index is 12.0. The molecule has 0 amide bonds. The molecule has 4 heteroatoms. The van der Waals surface area contributed by atoms with E-state index in [1.165, 1.54) is 0 Å². The van der Waals surface area contributed by atoms with Gasteiger partial charge in [-0.2, -0.15) is 4.98 Å². The normalized spacial score (nSPS) is 10.9. The molecule has 1 aromatic heterocycles. The van der Waals surface area contributed by atoms with Crippen molar-refractivity contribution >= 4 is 5.78 Å². The lowest BCUT2D eigenvalue weighted by molar-refractivity contribution is 0.0983. The smallest absolute Gasteiger partial charge is 0.234 e. The molecule has 19 heavy (non-hydrogen) atoms. The molecule has 2 rings (SSSR count). The number of ketones is 1. The molecule has 0 saturated carbocycles. The topological polar surface area (TPSA) is 56.0 Å². The summed E-state index contributed by atoms with van der Waals surface area (Å²) in [5, 5.41) is 3.90. The lowest BCUT2D eigenvalue weighted by Gasteiger charge is -1.98. The summed E-state index contributed by atoms with van der Waals surface area (Å²) in [5.74, 6) is 1.68. The van der Waals surface area contributed by atoms with Crippen LogP contribution in [0.15, 0.2) is 34.9 Å². The van der Waals surface area contributed by atoms with E-state index in [1.54, 1.807) is 12.1 Å². The fraction of sp³-hybridized carbons (Fsp3) is 0.400.